The van der Waals surface area contributed by atoms with E-state index < -0.39 is 15.3 Å². The minimum absolute atomic E-state index is 0.231. The number of nitrogens with zero attached hydrogens (tertiary/aromatic N) is 1. The van der Waals surface area contributed by atoms with Crippen LogP contribution in [0.4, 0.5) is 0 Å². The number of hydrogen-bond acceptors (Lipinski definition) is 4. The van der Waals surface area contributed by atoms with Crippen LogP contribution < -0.4 is 4.72 Å². The molecule has 0 amide bonds. The predicted molar refractivity (Wildman–Crippen MR) is 64.6 cm³/mol. The van der Waals surface area contributed by atoms with Crippen molar-refractivity contribution in [2.45, 2.75) is 50.4 Å². The van der Waals surface area contributed by atoms with Gasteiger partial charge in [-0.05, 0) is 38.0 Å². The Hall–Kier alpha value is -0.640. The van der Waals surface area contributed by atoms with E-state index in [4.69, 9.17) is 5.26 Å². The smallest absolute Gasteiger partial charge is 0.227 e. The van der Waals surface area contributed by atoms with Gasteiger partial charge in [0.1, 0.15) is 0 Å². The lowest BCUT2D eigenvalue weighted by atomic mass is 9.88. The Bertz CT molecular complexity index is 367. The van der Waals surface area contributed by atoms with Crippen LogP contribution in [0.5, 0.6) is 0 Å². The van der Waals surface area contributed by atoms with E-state index in [0.717, 1.165) is 25.7 Å². The molecule has 6 heteroatoms. The first kappa shape index (κ1) is 14.4. The summed E-state index contributed by atoms with van der Waals surface area (Å²) < 4.78 is 25.9. The third-order valence-corrected chi connectivity index (χ3v) is 5.04. The molecule has 0 radical (unpaired) electrons. The fourth-order valence-corrected chi connectivity index (χ4v) is 3.31. The lowest BCUT2D eigenvalue weighted by molar-refractivity contribution is 0.109. The standard InChI is InChI=1S/C11H20N2O3S/c1-2-11(7-12)17(15,16)13-8-9-3-5-10(14)6-4-9/h9-11,13-14H,2-6,8H2,1H3. The van der Waals surface area contributed by atoms with Crippen molar-refractivity contribution in [3.63, 3.8) is 0 Å². The Balaban J connectivity index is 2.43. The summed E-state index contributed by atoms with van der Waals surface area (Å²) in [6.45, 7) is 2.07. The quantitative estimate of drug-likeness (QED) is 0.763. The summed E-state index contributed by atoms with van der Waals surface area (Å²) in [7, 11) is -3.51. The van der Waals surface area contributed by atoms with Crippen LogP contribution in [0.25, 0.3) is 0 Å². The van der Waals surface area contributed by atoms with Crippen molar-refractivity contribution in [1.29, 1.82) is 5.26 Å². The molecule has 0 aliphatic heterocycles. The highest BCUT2D eigenvalue weighted by Crippen LogP contribution is 2.23. The molecule has 0 aromatic carbocycles. The van der Waals surface area contributed by atoms with Gasteiger partial charge in [0.15, 0.2) is 5.25 Å². The number of aliphatic hydroxyl groups excluding tert-OH is 1. The molecule has 17 heavy (non-hydrogen) atoms. The molecule has 1 atom stereocenters. The molecule has 0 saturated heterocycles. The topological polar surface area (TPSA) is 90.2 Å². The normalized spacial score (nSPS) is 27.4. The van der Waals surface area contributed by atoms with Gasteiger partial charge in [0.2, 0.25) is 10.0 Å². The zero-order valence-corrected chi connectivity index (χ0v) is 10.9. The van der Waals surface area contributed by atoms with Crippen LogP contribution in [0.3, 0.4) is 0 Å². The van der Waals surface area contributed by atoms with Gasteiger partial charge < -0.3 is 5.11 Å². The predicted octanol–water partition coefficient (Wildman–Crippen LogP) is 0.759. The van der Waals surface area contributed by atoms with Crippen LogP contribution >= 0.6 is 0 Å². The van der Waals surface area contributed by atoms with Crippen molar-refractivity contribution < 1.29 is 13.5 Å². The van der Waals surface area contributed by atoms with E-state index in [1.54, 1.807) is 13.0 Å². The Morgan fingerprint density at radius 3 is 2.47 bits per heavy atom. The van der Waals surface area contributed by atoms with Gasteiger partial charge in [0, 0.05) is 6.54 Å². The number of hydrogen-bond donors (Lipinski definition) is 2. The highest BCUT2D eigenvalue weighted by Gasteiger charge is 2.25. The minimum atomic E-state index is -3.51. The number of aliphatic hydroxyl groups is 1. The largest absolute Gasteiger partial charge is 0.393 e. The number of sulfonamides is 1. The lowest BCUT2D eigenvalue weighted by Crippen LogP contribution is -2.37. The van der Waals surface area contributed by atoms with Crippen molar-refractivity contribution in [3.05, 3.63) is 0 Å². The molecule has 1 rings (SSSR count). The first-order valence-corrected chi connectivity index (χ1v) is 7.60. The molecule has 0 spiro atoms. The van der Waals surface area contributed by atoms with E-state index in [1.807, 2.05) is 0 Å². The number of rotatable bonds is 5. The first-order chi connectivity index (χ1) is 7.99. The van der Waals surface area contributed by atoms with Gasteiger partial charge in [-0.25, -0.2) is 13.1 Å². The summed E-state index contributed by atoms with van der Waals surface area (Å²) in [4.78, 5) is 0. The molecule has 5 nitrogen and oxygen atoms in total. The summed E-state index contributed by atoms with van der Waals surface area (Å²) >= 11 is 0. The maximum Gasteiger partial charge on any atom is 0.227 e. The van der Waals surface area contributed by atoms with Crippen LogP contribution in [-0.4, -0.2) is 31.4 Å². The molecule has 1 aliphatic carbocycles. The number of nitrogens with one attached hydrogen (secondary N) is 1. The number of nitriles is 1. The van der Waals surface area contributed by atoms with Crippen LogP contribution in [0.1, 0.15) is 39.0 Å². The fourth-order valence-electron chi connectivity index (χ4n) is 2.06. The molecule has 1 aliphatic rings. The molecule has 1 fully saturated rings. The third kappa shape index (κ3) is 4.26. The highest BCUT2D eigenvalue weighted by atomic mass is 32.2. The molecule has 0 aromatic heterocycles. The average molecular weight is 260 g/mol. The van der Waals surface area contributed by atoms with Gasteiger partial charge in [0.05, 0.1) is 12.2 Å². The van der Waals surface area contributed by atoms with E-state index in [2.05, 4.69) is 4.72 Å². The molecule has 98 valence electrons. The van der Waals surface area contributed by atoms with Gasteiger partial charge in [-0.2, -0.15) is 5.26 Å². The van der Waals surface area contributed by atoms with E-state index in [0.29, 0.717) is 13.0 Å². The summed E-state index contributed by atoms with van der Waals surface area (Å²) in [5, 5.41) is 17.1. The molecular weight excluding hydrogens is 240 g/mol. The second-order valence-electron chi connectivity index (χ2n) is 4.59. The van der Waals surface area contributed by atoms with E-state index in [-0.39, 0.29) is 12.0 Å². The van der Waals surface area contributed by atoms with Gasteiger partial charge in [0.25, 0.3) is 0 Å². The minimum Gasteiger partial charge on any atom is -0.393 e. The summed E-state index contributed by atoms with van der Waals surface area (Å²) in [5.74, 6) is 0.282. The second kappa shape index (κ2) is 6.34. The van der Waals surface area contributed by atoms with Crippen LogP contribution in [0.15, 0.2) is 0 Å². The van der Waals surface area contributed by atoms with Crippen molar-refractivity contribution >= 4 is 10.0 Å². The van der Waals surface area contributed by atoms with E-state index in [9.17, 15) is 13.5 Å². The SMILES string of the molecule is CCC(C#N)S(=O)(=O)NCC1CCC(O)CC1. The molecule has 1 saturated carbocycles. The van der Waals surface area contributed by atoms with Crippen molar-refractivity contribution in [2.75, 3.05) is 6.54 Å². The summed E-state index contributed by atoms with van der Waals surface area (Å²) in [6, 6.07) is 1.80. The Morgan fingerprint density at radius 1 is 1.41 bits per heavy atom. The van der Waals surface area contributed by atoms with E-state index in [1.165, 1.54) is 0 Å². The Labute approximate surface area is 103 Å². The van der Waals surface area contributed by atoms with E-state index >= 15 is 0 Å². The molecule has 0 heterocycles. The van der Waals surface area contributed by atoms with Crippen molar-refractivity contribution in [2.24, 2.45) is 5.92 Å². The van der Waals surface area contributed by atoms with Gasteiger partial charge in [-0.1, -0.05) is 6.92 Å². The van der Waals surface area contributed by atoms with Gasteiger partial charge in [-0.15, -0.1) is 0 Å². The van der Waals surface area contributed by atoms with Crippen LogP contribution in [0, 0.1) is 17.2 Å². The zero-order valence-electron chi connectivity index (χ0n) is 10.1. The summed E-state index contributed by atoms with van der Waals surface area (Å²) in [5.41, 5.74) is 0. The van der Waals surface area contributed by atoms with Crippen LogP contribution in [-0.2, 0) is 10.0 Å². The monoisotopic (exact) mass is 260 g/mol. The van der Waals surface area contributed by atoms with Gasteiger partial charge in [-0.3, -0.25) is 0 Å². The zero-order chi connectivity index (χ0) is 12.9. The lowest BCUT2D eigenvalue weighted by Gasteiger charge is -2.25. The Kier molecular flexibility index (Phi) is 5.37. The fraction of sp³-hybridized carbons (Fsp3) is 0.909. The van der Waals surface area contributed by atoms with Crippen molar-refractivity contribution in [3.8, 4) is 6.07 Å². The van der Waals surface area contributed by atoms with Crippen LogP contribution in [0.2, 0.25) is 0 Å². The molecule has 1 unspecified atom stereocenters. The molecule has 0 aromatic rings. The van der Waals surface area contributed by atoms with Crippen molar-refractivity contribution in [1.82, 2.24) is 4.72 Å². The third-order valence-electron chi connectivity index (χ3n) is 3.28. The second-order valence-corrected chi connectivity index (χ2v) is 6.54. The summed E-state index contributed by atoms with van der Waals surface area (Å²) in [6.07, 6.45) is 3.23. The maximum atomic E-state index is 11.7. The maximum absolute atomic E-state index is 11.7. The Morgan fingerprint density at radius 2 is 2.00 bits per heavy atom. The molecule has 2 N–H and O–H groups in total. The average Bonchev–Trinajstić information content (AvgIpc) is 2.29. The molecular formula is C11H20N2O3S. The highest BCUT2D eigenvalue weighted by molar-refractivity contribution is 7.90. The van der Waals surface area contributed by atoms with Gasteiger partial charge >= 0.3 is 0 Å². The molecule has 0 bridgehead atoms. The first-order valence-electron chi connectivity index (χ1n) is 6.05.